The number of fused-ring (bicyclic) bond motifs is 3. The van der Waals surface area contributed by atoms with Crippen LogP contribution < -0.4 is 0 Å². The third-order valence-electron chi connectivity index (χ3n) is 4.27. The van der Waals surface area contributed by atoms with Gasteiger partial charge in [0.15, 0.2) is 0 Å². The summed E-state index contributed by atoms with van der Waals surface area (Å²) in [6.45, 7) is 1.27. The molecule has 2 heteroatoms. The fraction of sp³-hybridized carbons (Fsp3) is 0.571. The molecule has 3 rings (SSSR count). The SMILES string of the molecule is CN1CCC[C@H]2c3ccc(Cl)cc3CCC21. The van der Waals surface area contributed by atoms with Gasteiger partial charge >= 0.3 is 0 Å². The lowest BCUT2D eigenvalue weighted by Crippen LogP contribution is -2.43. The van der Waals surface area contributed by atoms with Crippen LogP contribution in [0, 0.1) is 0 Å². The first kappa shape index (κ1) is 10.6. The summed E-state index contributed by atoms with van der Waals surface area (Å²) >= 11 is 6.07. The highest BCUT2D eigenvalue weighted by molar-refractivity contribution is 6.30. The van der Waals surface area contributed by atoms with Crippen LogP contribution in [0.3, 0.4) is 0 Å². The molecule has 1 heterocycles. The van der Waals surface area contributed by atoms with Crippen LogP contribution in [-0.4, -0.2) is 24.5 Å². The van der Waals surface area contributed by atoms with Gasteiger partial charge in [-0.05, 0) is 68.5 Å². The summed E-state index contributed by atoms with van der Waals surface area (Å²) in [6.07, 6.45) is 5.18. The molecule has 1 unspecified atom stereocenters. The Morgan fingerprint density at radius 2 is 2.19 bits per heavy atom. The molecule has 0 bridgehead atoms. The summed E-state index contributed by atoms with van der Waals surface area (Å²) in [5.41, 5.74) is 3.05. The van der Waals surface area contributed by atoms with E-state index in [4.69, 9.17) is 11.6 Å². The van der Waals surface area contributed by atoms with Gasteiger partial charge in [0.2, 0.25) is 0 Å². The molecule has 0 saturated carbocycles. The summed E-state index contributed by atoms with van der Waals surface area (Å²) in [4.78, 5) is 2.55. The zero-order chi connectivity index (χ0) is 11.1. The lowest BCUT2D eigenvalue weighted by Gasteiger charge is -2.43. The first-order chi connectivity index (χ1) is 7.75. The van der Waals surface area contributed by atoms with E-state index in [0.29, 0.717) is 0 Å². The maximum Gasteiger partial charge on any atom is 0.0408 e. The molecule has 0 N–H and O–H groups in total. The molecule has 16 heavy (non-hydrogen) atoms. The highest BCUT2D eigenvalue weighted by Gasteiger charge is 2.34. The number of piperidine rings is 1. The molecule has 0 spiro atoms. The van der Waals surface area contributed by atoms with E-state index in [9.17, 15) is 0 Å². The van der Waals surface area contributed by atoms with E-state index < -0.39 is 0 Å². The molecule has 0 aromatic heterocycles. The topological polar surface area (TPSA) is 3.24 Å². The van der Waals surface area contributed by atoms with Crippen LogP contribution in [0.1, 0.15) is 36.3 Å². The van der Waals surface area contributed by atoms with Crippen molar-refractivity contribution in [2.45, 2.75) is 37.6 Å². The number of nitrogens with zero attached hydrogens (tertiary/aromatic N) is 1. The maximum absolute atomic E-state index is 6.07. The number of likely N-dealkylation sites (tertiary alicyclic amines) is 1. The molecule has 2 atom stereocenters. The highest BCUT2D eigenvalue weighted by atomic mass is 35.5. The van der Waals surface area contributed by atoms with E-state index in [0.717, 1.165) is 17.0 Å². The van der Waals surface area contributed by atoms with Gasteiger partial charge in [0.05, 0.1) is 0 Å². The molecular formula is C14H18ClN. The Bertz CT molecular complexity index is 402. The van der Waals surface area contributed by atoms with Crippen molar-refractivity contribution in [1.82, 2.24) is 4.90 Å². The van der Waals surface area contributed by atoms with E-state index in [-0.39, 0.29) is 0 Å². The highest BCUT2D eigenvalue weighted by Crippen LogP contribution is 2.40. The van der Waals surface area contributed by atoms with E-state index in [1.54, 1.807) is 5.56 Å². The van der Waals surface area contributed by atoms with Gasteiger partial charge in [-0.1, -0.05) is 17.7 Å². The number of rotatable bonds is 0. The Labute approximate surface area is 102 Å². The van der Waals surface area contributed by atoms with E-state index in [1.165, 1.54) is 37.8 Å². The van der Waals surface area contributed by atoms with Crippen molar-refractivity contribution in [3.05, 3.63) is 34.3 Å². The van der Waals surface area contributed by atoms with Crippen molar-refractivity contribution >= 4 is 11.6 Å². The van der Waals surface area contributed by atoms with Crippen molar-refractivity contribution in [2.75, 3.05) is 13.6 Å². The van der Waals surface area contributed by atoms with Crippen molar-refractivity contribution in [3.63, 3.8) is 0 Å². The number of halogens is 1. The Balaban J connectivity index is 1.99. The molecule has 1 aromatic carbocycles. The molecule has 2 aliphatic rings. The summed E-state index contributed by atoms with van der Waals surface area (Å²) < 4.78 is 0. The van der Waals surface area contributed by atoms with Crippen LogP contribution in [0.4, 0.5) is 0 Å². The van der Waals surface area contributed by atoms with Gasteiger partial charge < -0.3 is 4.90 Å². The molecule has 1 aromatic rings. The minimum Gasteiger partial charge on any atom is -0.303 e. The van der Waals surface area contributed by atoms with Crippen LogP contribution in [0.25, 0.3) is 0 Å². The van der Waals surface area contributed by atoms with Gasteiger partial charge in [0.1, 0.15) is 0 Å². The van der Waals surface area contributed by atoms with E-state index >= 15 is 0 Å². The molecular weight excluding hydrogens is 218 g/mol. The molecule has 1 fully saturated rings. The number of benzene rings is 1. The second-order valence-electron chi connectivity index (χ2n) is 5.18. The Hall–Kier alpha value is -0.530. The maximum atomic E-state index is 6.07. The third-order valence-corrected chi connectivity index (χ3v) is 4.51. The predicted octanol–water partition coefficient (Wildman–Crippen LogP) is 3.46. The van der Waals surface area contributed by atoms with Crippen LogP contribution in [-0.2, 0) is 6.42 Å². The number of likely N-dealkylation sites (N-methyl/N-ethyl adjacent to an activating group) is 1. The Morgan fingerprint density at radius 1 is 1.31 bits per heavy atom. The lowest BCUT2D eigenvalue weighted by molar-refractivity contribution is 0.143. The average Bonchev–Trinajstić information content (AvgIpc) is 2.28. The molecule has 1 nitrogen and oxygen atoms in total. The van der Waals surface area contributed by atoms with Crippen molar-refractivity contribution < 1.29 is 0 Å². The lowest BCUT2D eigenvalue weighted by atomic mass is 9.74. The van der Waals surface area contributed by atoms with Gasteiger partial charge in [-0.15, -0.1) is 0 Å². The quantitative estimate of drug-likeness (QED) is 0.666. The number of aryl methyl sites for hydroxylation is 1. The molecule has 0 radical (unpaired) electrons. The van der Waals surface area contributed by atoms with Gasteiger partial charge in [0, 0.05) is 11.1 Å². The second-order valence-corrected chi connectivity index (χ2v) is 5.61. The molecule has 86 valence electrons. The largest absolute Gasteiger partial charge is 0.303 e. The van der Waals surface area contributed by atoms with Crippen molar-refractivity contribution in [3.8, 4) is 0 Å². The van der Waals surface area contributed by atoms with E-state index in [1.807, 2.05) is 0 Å². The van der Waals surface area contributed by atoms with Crippen LogP contribution >= 0.6 is 11.6 Å². The van der Waals surface area contributed by atoms with Gasteiger partial charge in [-0.3, -0.25) is 0 Å². The Kier molecular flexibility index (Phi) is 2.68. The fourth-order valence-corrected chi connectivity index (χ4v) is 3.66. The normalized spacial score (nSPS) is 29.6. The zero-order valence-electron chi connectivity index (χ0n) is 9.75. The van der Waals surface area contributed by atoms with Crippen molar-refractivity contribution in [1.29, 1.82) is 0 Å². The summed E-state index contributed by atoms with van der Waals surface area (Å²) in [5.74, 6) is 0.750. The van der Waals surface area contributed by atoms with Crippen LogP contribution in [0.5, 0.6) is 0 Å². The number of hydrogen-bond donors (Lipinski definition) is 0. The van der Waals surface area contributed by atoms with Crippen LogP contribution in [0.15, 0.2) is 18.2 Å². The number of hydrogen-bond acceptors (Lipinski definition) is 1. The Morgan fingerprint density at radius 3 is 3.06 bits per heavy atom. The molecule has 0 amide bonds. The predicted molar refractivity (Wildman–Crippen MR) is 68.2 cm³/mol. The van der Waals surface area contributed by atoms with Gasteiger partial charge in [0.25, 0.3) is 0 Å². The summed E-state index contributed by atoms with van der Waals surface area (Å²) in [6, 6.07) is 7.25. The van der Waals surface area contributed by atoms with Gasteiger partial charge in [-0.2, -0.15) is 0 Å². The average molecular weight is 236 g/mol. The minimum absolute atomic E-state index is 0.750. The molecule has 1 saturated heterocycles. The summed E-state index contributed by atoms with van der Waals surface area (Å²) in [5, 5.41) is 0.890. The second kappa shape index (κ2) is 4.05. The zero-order valence-corrected chi connectivity index (χ0v) is 10.5. The standard InChI is InChI=1S/C14H18ClN/c1-16-8-2-3-13-12-6-5-11(15)9-10(12)4-7-14(13)16/h5-6,9,13-14H,2-4,7-8H2,1H3/t13-,14?/m0/s1. The summed E-state index contributed by atoms with van der Waals surface area (Å²) in [7, 11) is 2.28. The smallest absolute Gasteiger partial charge is 0.0408 e. The minimum atomic E-state index is 0.750. The van der Waals surface area contributed by atoms with Gasteiger partial charge in [-0.25, -0.2) is 0 Å². The fourth-order valence-electron chi connectivity index (χ4n) is 3.47. The van der Waals surface area contributed by atoms with Crippen LogP contribution in [0.2, 0.25) is 5.02 Å². The van der Waals surface area contributed by atoms with E-state index in [2.05, 4.69) is 30.1 Å². The van der Waals surface area contributed by atoms with Crippen molar-refractivity contribution in [2.24, 2.45) is 0 Å². The third kappa shape index (κ3) is 1.66. The monoisotopic (exact) mass is 235 g/mol. The molecule has 1 aliphatic carbocycles. The first-order valence-electron chi connectivity index (χ1n) is 6.24. The molecule has 1 aliphatic heterocycles. The first-order valence-corrected chi connectivity index (χ1v) is 6.62.